The summed E-state index contributed by atoms with van der Waals surface area (Å²) in [7, 11) is -1.60. The standard InChI is InChI=1S/C2H6O4S.Li.H/c1-5-7(3,4)6-2;;/h1-2H3;;/q;+1;-1. The molecular formula is C2H7LiO4S. The van der Waals surface area contributed by atoms with E-state index in [9.17, 15) is 8.42 Å². The molecule has 0 heterocycles. The molecule has 0 saturated carbocycles. The van der Waals surface area contributed by atoms with E-state index in [0.29, 0.717) is 0 Å². The van der Waals surface area contributed by atoms with Gasteiger partial charge in [0.1, 0.15) is 0 Å². The average Bonchev–Trinajstić information content (AvgIpc) is 1.68. The molecule has 0 aliphatic rings. The van der Waals surface area contributed by atoms with Gasteiger partial charge >= 0.3 is 29.3 Å². The molecule has 0 aromatic rings. The fourth-order valence-electron chi connectivity index (χ4n) is 0.0680. The van der Waals surface area contributed by atoms with Gasteiger partial charge in [0.2, 0.25) is 0 Å². The number of rotatable bonds is 2. The first-order chi connectivity index (χ1) is 3.12. The van der Waals surface area contributed by atoms with Crippen molar-refractivity contribution in [2.24, 2.45) is 0 Å². The fraction of sp³-hybridized carbons (Fsp3) is 1.00. The molecule has 0 bridgehead atoms. The molecule has 0 rings (SSSR count). The Hall–Kier alpha value is 0.467. The minimum atomic E-state index is -3.66. The Labute approximate surface area is 62.2 Å². The molecule has 0 amide bonds. The van der Waals surface area contributed by atoms with Gasteiger partial charge in [-0.3, -0.25) is 8.37 Å². The summed E-state index contributed by atoms with van der Waals surface area (Å²) in [5, 5.41) is 0. The van der Waals surface area contributed by atoms with Gasteiger partial charge in [-0.05, 0) is 0 Å². The van der Waals surface area contributed by atoms with Crippen molar-refractivity contribution in [3.05, 3.63) is 0 Å². The van der Waals surface area contributed by atoms with Crippen molar-refractivity contribution in [1.29, 1.82) is 0 Å². The largest absolute Gasteiger partial charge is 1.00 e. The van der Waals surface area contributed by atoms with Crippen LogP contribution in [-0.4, -0.2) is 22.6 Å². The first kappa shape index (κ1) is 11.3. The maximum atomic E-state index is 9.92. The van der Waals surface area contributed by atoms with Crippen molar-refractivity contribution in [2.45, 2.75) is 0 Å². The SMILES string of the molecule is COS(=O)(=O)OC.[H-].[Li+]. The first-order valence-electron chi connectivity index (χ1n) is 1.48. The van der Waals surface area contributed by atoms with Gasteiger partial charge in [-0.2, -0.15) is 8.42 Å². The maximum Gasteiger partial charge on any atom is 1.00 e. The summed E-state index contributed by atoms with van der Waals surface area (Å²) in [5.41, 5.74) is 0. The summed E-state index contributed by atoms with van der Waals surface area (Å²) in [4.78, 5) is 0. The van der Waals surface area contributed by atoms with Crippen LogP contribution in [0.3, 0.4) is 0 Å². The molecule has 0 aliphatic heterocycles. The minimum Gasteiger partial charge on any atom is -1.00 e. The molecule has 4 nitrogen and oxygen atoms in total. The van der Waals surface area contributed by atoms with Crippen LogP contribution in [0.4, 0.5) is 0 Å². The van der Waals surface area contributed by atoms with E-state index in [-0.39, 0.29) is 20.3 Å². The second-order valence-corrected chi connectivity index (χ2v) is 2.22. The van der Waals surface area contributed by atoms with Gasteiger partial charge in [0, 0.05) is 0 Å². The average molecular weight is 134 g/mol. The zero-order valence-corrected chi connectivity index (χ0v) is 5.86. The fourth-order valence-corrected chi connectivity index (χ4v) is 0.204. The van der Waals surface area contributed by atoms with Crippen LogP contribution in [0.15, 0.2) is 0 Å². The smallest absolute Gasteiger partial charge is 1.00 e. The Morgan fingerprint density at radius 3 is 1.50 bits per heavy atom. The Balaban J connectivity index is -0.000000180. The Kier molecular flexibility index (Phi) is 6.15. The molecular weight excluding hydrogens is 127 g/mol. The van der Waals surface area contributed by atoms with Crippen molar-refractivity contribution in [3.63, 3.8) is 0 Å². The monoisotopic (exact) mass is 134 g/mol. The minimum absolute atomic E-state index is 0. The third kappa shape index (κ3) is 4.62. The van der Waals surface area contributed by atoms with Crippen LogP contribution < -0.4 is 18.9 Å². The van der Waals surface area contributed by atoms with Crippen LogP contribution in [0, 0.1) is 0 Å². The molecule has 0 fully saturated rings. The molecule has 0 N–H and O–H groups in total. The van der Waals surface area contributed by atoms with E-state index in [4.69, 9.17) is 0 Å². The molecule has 0 saturated heterocycles. The second-order valence-electron chi connectivity index (χ2n) is 0.742. The Morgan fingerprint density at radius 2 is 1.50 bits per heavy atom. The third-order valence-corrected chi connectivity index (χ3v) is 1.22. The maximum absolute atomic E-state index is 9.92. The summed E-state index contributed by atoms with van der Waals surface area (Å²) >= 11 is 0. The molecule has 0 aliphatic carbocycles. The molecule has 0 aromatic carbocycles. The van der Waals surface area contributed by atoms with E-state index < -0.39 is 10.4 Å². The third-order valence-electron chi connectivity index (χ3n) is 0.408. The molecule has 6 heteroatoms. The number of hydrogen-bond donors (Lipinski definition) is 0. The summed E-state index contributed by atoms with van der Waals surface area (Å²) < 4.78 is 27.5. The van der Waals surface area contributed by atoms with E-state index in [2.05, 4.69) is 8.37 Å². The predicted octanol–water partition coefficient (Wildman–Crippen LogP) is -3.36. The zero-order chi connectivity index (χ0) is 5.91. The van der Waals surface area contributed by atoms with E-state index in [1.165, 1.54) is 0 Å². The summed E-state index contributed by atoms with van der Waals surface area (Å²) in [6, 6.07) is 0. The van der Waals surface area contributed by atoms with Gasteiger partial charge in [-0.25, -0.2) is 0 Å². The van der Waals surface area contributed by atoms with Crippen molar-refractivity contribution < 1.29 is 37.1 Å². The van der Waals surface area contributed by atoms with Crippen molar-refractivity contribution >= 4 is 10.4 Å². The first-order valence-corrected chi connectivity index (χ1v) is 2.82. The summed E-state index contributed by atoms with van der Waals surface area (Å²) in [6.07, 6.45) is 0. The quantitative estimate of drug-likeness (QED) is 0.370. The van der Waals surface area contributed by atoms with E-state index in [0.717, 1.165) is 14.2 Å². The Morgan fingerprint density at radius 1 is 1.25 bits per heavy atom. The van der Waals surface area contributed by atoms with Crippen LogP contribution >= 0.6 is 0 Å². The molecule has 0 aromatic heterocycles. The van der Waals surface area contributed by atoms with Crippen LogP contribution in [0.2, 0.25) is 0 Å². The molecule has 8 heavy (non-hydrogen) atoms. The van der Waals surface area contributed by atoms with Crippen molar-refractivity contribution in [3.8, 4) is 0 Å². The molecule has 0 unspecified atom stereocenters. The molecule has 0 radical (unpaired) electrons. The molecule has 0 atom stereocenters. The van der Waals surface area contributed by atoms with E-state index in [1.54, 1.807) is 0 Å². The number of hydrogen-bond acceptors (Lipinski definition) is 4. The van der Waals surface area contributed by atoms with Crippen molar-refractivity contribution in [1.82, 2.24) is 0 Å². The molecule has 0 spiro atoms. The normalized spacial score (nSPS) is 10.2. The topological polar surface area (TPSA) is 52.6 Å². The van der Waals surface area contributed by atoms with Gasteiger partial charge in [-0.1, -0.05) is 0 Å². The van der Waals surface area contributed by atoms with Gasteiger partial charge in [-0.15, -0.1) is 0 Å². The van der Waals surface area contributed by atoms with E-state index >= 15 is 0 Å². The van der Waals surface area contributed by atoms with Gasteiger partial charge < -0.3 is 1.43 Å². The van der Waals surface area contributed by atoms with Crippen LogP contribution in [0.5, 0.6) is 0 Å². The van der Waals surface area contributed by atoms with Crippen molar-refractivity contribution in [2.75, 3.05) is 14.2 Å². The molecule has 46 valence electrons. The summed E-state index contributed by atoms with van der Waals surface area (Å²) in [5.74, 6) is 0. The van der Waals surface area contributed by atoms with Gasteiger partial charge in [0.25, 0.3) is 0 Å². The van der Waals surface area contributed by atoms with Gasteiger partial charge in [0.05, 0.1) is 14.2 Å². The van der Waals surface area contributed by atoms with Gasteiger partial charge in [0.15, 0.2) is 0 Å². The second kappa shape index (κ2) is 4.36. The van der Waals surface area contributed by atoms with Crippen LogP contribution in [0.25, 0.3) is 0 Å². The van der Waals surface area contributed by atoms with Crippen LogP contribution in [0.1, 0.15) is 1.43 Å². The van der Waals surface area contributed by atoms with Crippen LogP contribution in [-0.2, 0) is 18.8 Å². The summed E-state index contributed by atoms with van der Waals surface area (Å²) in [6.45, 7) is 0. The Bertz CT molecular complexity index is 122. The zero-order valence-electron chi connectivity index (χ0n) is 6.04. The predicted molar refractivity (Wildman–Crippen MR) is 24.0 cm³/mol. The van der Waals surface area contributed by atoms with E-state index in [1.807, 2.05) is 0 Å².